The minimum atomic E-state index is -0.504. The highest BCUT2D eigenvalue weighted by molar-refractivity contribution is 7.13. The van der Waals surface area contributed by atoms with Crippen LogP contribution in [0.15, 0.2) is 53.9 Å². The summed E-state index contributed by atoms with van der Waals surface area (Å²) in [5, 5.41) is 2.70. The number of aromatic nitrogens is 1. The molecule has 0 atom stereocenters. The lowest BCUT2D eigenvalue weighted by Gasteiger charge is -2.22. The molecule has 1 heterocycles. The topological polar surface area (TPSA) is 76.3 Å². The van der Waals surface area contributed by atoms with Crippen LogP contribution in [0.3, 0.4) is 0 Å². The van der Waals surface area contributed by atoms with Crippen LogP contribution in [0.2, 0.25) is 0 Å². The fourth-order valence-electron chi connectivity index (χ4n) is 2.79. The normalized spacial score (nSPS) is 10.6. The number of rotatable bonds is 7. The van der Waals surface area contributed by atoms with Gasteiger partial charge in [0, 0.05) is 29.6 Å². The van der Waals surface area contributed by atoms with Gasteiger partial charge in [0.1, 0.15) is 10.8 Å². The molecule has 0 aliphatic carbocycles. The molecule has 2 N–H and O–H groups in total. The maximum absolute atomic E-state index is 13.2. The molecule has 3 rings (SSSR count). The van der Waals surface area contributed by atoms with E-state index in [1.807, 2.05) is 36.6 Å². The third kappa shape index (κ3) is 5.01. The van der Waals surface area contributed by atoms with E-state index in [2.05, 4.69) is 4.98 Å². The van der Waals surface area contributed by atoms with E-state index in [4.69, 9.17) is 5.73 Å². The number of hydrogen-bond donors (Lipinski definition) is 1. The number of aryl methyl sites for hydroxylation is 1. The van der Waals surface area contributed by atoms with Crippen LogP contribution in [0.4, 0.5) is 10.1 Å². The number of thiazole rings is 1. The molecule has 0 spiro atoms. The van der Waals surface area contributed by atoms with Gasteiger partial charge in [0.2, 0.25) is 11.8 Å². The number of primary amides is 1. The second-order valence-corrected chi connectivity index (χ2v) is 7.29. The fraction of sp³-hybridized carbons (Fsp3) is 0.190. The Morgan fingerprint density at radius 1 is 1.18 bits per heavy atom. The number of benzene rings is 2. The van der Waals surface area contributed by atoms with Crippen LogP contribution in [0.25, 0.3) is 10.6 Å². The molecule has 0 aliphatic heterocycles. The monoisotopic (exact) mass is 397 g/mol. The van der Waals surface area contributed by atoms with E-state index < -0.39 is 11.7 Å². The van der Waals surface area contributed by atoms with Crippen molar-refractivity contribution in [3.8, 4) is 10.6 Å². The van der Waals surface area contributed by atoms with Gasteiger partial charge < -0.3 is 10.6 Å². The average molecular weight is 397 g/mol. The second-order valence-electron chi connectivity index (χ2n) is 6.43. The van der Waals surface area contributed by atoms with Gasteiger partial charge in [0.05, 0.1) is 12.1 Å². The Labute approximate surface area is 166 Å². The molecule has 2 amide bonds. The number of nitrogens with two attached hydrogens (primary N) is 1. The molecule has 0 saturated heterocycles. The molecule has 2 aromatic carbocycles. The summed E-state index contributed by atoms with van der Waals surface area (Å²) >= 11 is 1.48. The van der Waals surface area contributed by atoms with Gasteiger partial charge in [-0.2, -0.15) is 0 Å². The smallest absolute Gasteiger partial charge is 0.233 e. The lowest BCUT2D eigenvalue weighted by molar-refractivity contribution is -0.118. The number of hydrogen-bond acceptors (Lipinski definition) is 4. The maximum atomic E-state index is 13.2. The molecule has 28 heavy (non-hydrogen) atoms. The van der Waals surface area contributed by atoms with Gasteiger partial charge in [-0.05, 0) is 37.3 Å². The molecule has 0 bridgehead atoms. The molecule has 1 aromatic heterocycles. The summed E-state index contributed by atoms with van der Waals surface area (Å²) in [6.07, 6.45) is 0.104. The van der Waals surface area contributed by atoms with Crippen LogP contribution >= 0.6 is 11.3 Å². The first kappa shape index (κ1) is 19.7. The van der Waals surface area contributed by atoms with E-state index >= 15 is 0 Å². The van der Waals surface area contributed by atoms with E-state index in [1.165, 1.54) is 40.5 Å². The molecule has 0 radical (unpaired) electrons. The quantitative estimate of drug-likeness (QED) is 0.660. The van der Waals surface area contributed by atoms with E-state index in [0.717, 1.165) is 16.1 Å². The summed E-state index contributed by atoms with van der Waals surface area (Å²) in [5.74, 6) is -1.13. The minimum Gasteiger partial charge on any atom is -0.370 e. The SMILES string of the molecule is Cc1cccc(-c2nc(CC(=O)N(CCC(N)=O)c3ccc(F)cc3)cs2)c1. The summed E-state index contributed by atoms with van der Waals surface area (Å²) < 4.78 is 13.2. The Hall–Kier alpha value is -3.06. The summed E-state index contributed by atoms with van der Waals surface area (Å²) in [4.78, 5) is 30.0. The van der Waals surface area contributed by atoms with Gasteiger partial charge in [-0.3, -0.25) is 9.59 Å². The van der Waals surface area contributed by atoms with E-state index in [-0.39, 0.29) is 25.3 Å². The zero-order valence-electron chi connectivity index (χ0n) is 15.4. The van der Waals surface area contributed by atoms with Gasteiger partial charge in [0.25, 0.3) is 0 Å². The van der Waals surface area contributed by atoms with E-state index in [1.54, 1.807) is 0 Å². The second kappa shape index (κ2) is 8.75. The van der Waals surface area contributed by atoms with Gasteiger partial charge >= 0.3 is 0 Å². The number of halogens is 1. The van der Waals surface area contributed by atoms with Gasteiger partial charge in [0.15, 0.2) is 0 Å². The van der Waals surface area contributed by atoms with Crippen LogP contribution in [-0.4, -0.2) is 23.3 Å². The van der Waals surface area contributed by atoms with Crippen LogP contribution in [0.1, 0.15) is 17.7 Å². The maximum Gasteiger partial charge on any atom is 0.233 e. The highest BCUT2D eigenvalue weighted by atomic mass is 32.1. The van der Waals surface area contributed by atoms with Crippen molar-refractivity contribution < 1.29 is 14.0 Å². The van der Waals surface area contributed by atoms with Crippen LogP contribution < -0.4 is 10.6 Å². The van der Waals surface area contributed by atoms with Crippen LogP contribution in [-0.2, 0) is 16.0 Å². The Balaban J connectivity index is 1.78. The number of nitrogens with zero attached hydrogens (tertiary/aromatic N) is 2. The molecular weight excluding hydrogens is 377 g/mol. The Kier molecular flexibility index (Phi) is 6.16. The summed E-state index contributed by atoms with van der Waals surface area (Å²) in [6, 6.07) is 13.6. The largest absolute Gasteiger partial charge is 0.370 e. The predicted octanol–water partition coefficient (Wildman–Crippen LogP) is 3.71. The number of carbonyl (C=O) groups excluding carboxylic acids is 2. The molecule has 0 fully saturated rings. The standard InChI is InChI=1S/C21H20FN3O2S/c1-14-3-2-4-15(11-14)21-24-17(13-28-21)12-20(27)25(10-9-19(23)26)18-7-5-16(22)6-8-18/h2-8,11,13H,9-10,12H2,1H3,(H2,23,26). The lowest BCUT2D eigenvalue weighted by atomic mass is 10.1. The van der Waals surface area contributed by atoms with Crippen LogP contribution in [0, 0.1) is 12.7 Å². The number of carbonyl (C=O) groups is 2. The molecule has 0 saturated carbocycles. The first-order valence-corrected chi connectivity index (χ1v) is 9.66. The minimum absolute atomic E-state index is 0.0225. The first-order valence-electron chi connectivity index (χ1n) is 8.78. The van der Waals surface area contributed by atoms with Crippen molar-refractivity contribution in [1.29, 1.82) is 0 Å². The number of anilines is 1. The summed E-state index contributed by atoms with van der Waals surface area (Å²) in [5.41, 5.74) is 8.54. The summed E-state index contributed by atoms with van der Waals surface area (Å²) in [7, 11) is 0. The molecule has 144 valence electrons. The fourth-order valence-corrected chi connectivity index (χ4v) is 3.61. The van der Waals surface area contributed by atoms with Crippen molar-refractivity contribution in [3.05, 3.63) is 71.0 Å². The van der Waals surface area contributed by atoms with Crippen LogP contribution in [0.5, 0.6) is 0 Å². The van der Waals surface area contributed by atoms with Crippen molar-refractivity contribution in [3.63, 3.8) is 0 Å². The zero-order chi connectivity index (χ0) is 20.1. The van der Waals surface area contributed by atoms with Gasteiger partial charge in [-0.25, -0.2) is 9.37 Å². The highest BCUT2D eigenvalue weighted by Gasteiger charge is 2.19. The van der Waals surface area contributed by atoms with Crippen molar-refractivity contribution >= 4 is 28.8 Å². The van der Waals surface area contributed by atoms with E-state index in [0.29, 0.717) is 11.4 Å². The average Bonchev–Trinajstić information content (AvgIpc) is 3.11. The molecule has 7 heteroatoms. The Morgan fingerprint density at radius 3 is 2.61 bits per heavy atom. The van der Waals surface area contributed by atoms with Gasteiger partial charge in [-0.15, -0.1) is 11.3 Å². The van der Waals surface area contributed by atoms with E-state index in [9.17, 15) is 14.0 Å². The van der Waals surface area contributed by atoms with Crippen molar-refractivity contribution in [2.75, 3.05) is 11.4 Å². The van der Waals surface area contributed by atoms with Gasteiger partial charge in [-0.1, -0.05) is 23.8 Å². The lowest BCUT2D eigenvalue weighted by Crippen LogP contribution is -2.35. The highest BCUT2D eigenvalue weighted by Crippen LogP contribution is 2.25. The van der Waals surface area contributed by atoms with Crippen molar-refractivity contribution in [2.45, 2.75) is 19.8 Å². The Bertz CT molecular complexity index is 985. The zero-order valence-corrected chi connectivity index (χ0v) is 16.2. The molecular formula is C21H20FN3O2S. The third-order valence-electron chi connectivity index (χ3n) is 4.17. The Morgan fingerprint density at radius 2 is 1.93 bits per heavy atom. The first-order chi connectivity index (χ1) is 13.4. The molecule has 0 unspecified atom stereocenters. The molecule has 5 nitrogen and oxygen atoms in total. The van der Waals surface area contributed by atoms with Crippen molar-refractivity contribution in [2.24, 2.45) is 5.73 Å². The molecule has 3 aromatic rings. The molecule has 0 aliphatic rings. The third-order valence-corrected chi connectivity index (χ3v) is 5.11. The predicted molar refractivity (Wildman–Crippen MR) is 109 cm³/mol. The van der Waals surface area contributed by atoms with Crippen molar-refractivity contribution in [1.82, 2.24) is 4.98 Å². The number of amides is 2. The summed E-state index contributed by atoms with van der Waals surface area (Å²) in [6.45, 7) is 2.15.